The minimum Gasteiger partial charge on any atom is -0.435 e. The number of benzene rings is 2. The topological polar surface area (TPSA) is 55.6 Å². The van der Waals surface area contributed by atoms with Crippen LogP contribution in [0, 0.1) is 0 Å². The molecule has 3 rings (SSSR count). The largest absolute Gasteiger partial charge is 0.435 e. The van der Waals surface area contributed by atoms with E-state index in [1.54, 1.807) is 18.2 Å². The lowest BCUT2D eigenvalue weighted by molar-refractivity contribution is -0.116. The molecule has 0 unspecified atom stereocenters. The Morgan fingerprint density at radius 3 is 2.65 bits per heavy atom. The number of halogens is 2. The molecule has 0 aliphatic carbocycles. The summed E-state index contributed by atoms with van der Waals surface area (Å²) in [5, 5.41) is 4.13. The van der Waals surface area contributed by atoms with Crippen LogP contribution in [0.3, 0.4) is 0 Å². The number of fused-ring (bicyclic) bond motifs is 1. The van der Waals surface area contributed by atoms with Crippen LogP contribution in [-0.4, -0.2) is 17.1 Å². The van der Waals surface area contributed by atoms with E-state index in [1.807, 2.05) is 35.9 Å². The van der Waals surface area contributed by atoms with E-state index in [0.717, 1.165) is 10.2 Å². The zero-order valence-corrected chi connectivity index (χ0v) is 14.5. The number of hydrogen-bond donors (Lipinski definition) is 1. The summed E-state index contributed by atoms with van der Waals surface area (Å²) in [4.78, 5) is 12.6. The summed E-state index contributed by atoms with van der Waals surface area (Å²) in [6, 6.07) is 13.8. The van der Waals surface area contributed by atoms with Gasteiger partial charge in [0.15, 0.2) is 0 Å². The second kappa shape index (κ2) is 7.92. The summed E-state index contributed by atoms with van der Waals surface area (Å²) in [5.74, 6) is -0.329. The first-order valence-electron chi connectivity index (χ1n) is 7.64. The van der Waals surface area contributed by atoms with Crippen molar-refractivity contribution >= 4 is 33.5 Å². The summed E-state index contributed by atoms with van der Waals surface area (Å²) in [6.45, 7) is -2.86. The first-order chi connectivity index (χ1) is 12.5. The Morgan fingerprint density at radius 1 is 1.23 bits per heavy atom. The van der Waals surface area contributed by atoms with Gasteiger partial charge < -0.3 is 9.30 Å². The van der Waals surface area contributed by atoms with Crippen molar-refractivity contribution in [2.75, 3.05) is 0 Å². The highest BCUT2D eigenvalue weighted by atomic mass is 32.1. The zero-order chi connectivity index (χ0) is 18.5. The van der Waals surface area contributed by atoms with Crippen LogP contribution in [0.5, 0.6) is 5.75 Å². The molecule has 0 aliphatic heterocycles. The summed E-state index contributed by atoms with van der Waals surface area (Å²) < 4.78 is 31.4. The van der Waals surface area contributed by atoms with Gasteiger partial charge in [0.25, 0.3) is 5.91 Å². The number of alkyl halides is 2. The molecule has 0 radical (unpaired) electrons. The van der Waals surface area contributed by atoms with E-state index in [0.29, 0.717) is 10.4 Å². The third-order valence-electron chi connectivity index (χ3n) is 3.51. The molecular formula is C18H15F2N3O2S. The summed E-state index contributed by atoms with van der Waals surface area (Å²) in [5.41, 5.74) is 4.18. The van der Waals surface area contributed by atoms with E-state index in [4.69, 9.17) is 0 Å². The number of nitrogens with zero attached hydrogens (tertiary/aromatic N) is 2. The Bertz CT molecular complexity index is 1010. The molecule has 1 N–H and O–H groups in total. The number of nitrogens with one attached hydrogen (secondary N) is 1. The van der Waals surface area contributed by atoms with E-state index < -0.39 is 12.5 Å². The number of carbonyl (C=O) groups excluding carboxylic acids is 1. The monoisotopic (exact) mass is 375 g/mol. The van der Waals surface area contributed by atoms with Crippen LogP contribution in [0.15, 0.2) is 59.7 Å². The summed E-state index contributed by atoms with van der Waals surface area (Å²) in [6.07, 6.45) is 2.88. The second-order valence-electron chi connectivity index (χ2n) is 5.28. The number of aromatic nitrogens is 1. The Morgan fingerprint density at radius 2 is 1.96 bits per heavy atom. The number of carbonyl (C=O) groups is 1. The molecule has 26 heavy (non-hydrogen) atoms. The minimum absolute atomic E-state index is 0.0638. The predicted molar refractivity (Wildman–Crippen MR) is 96.6 cm³/mol. The number of amides is 1. The van der Waals surface area contributed by atoms with Gasteiger partial charge in [-0.3, -0.25) is 4.79 Å². The highest BCUT2D eigenvalue weighted by Gasteiger charge is 2.03. The van der Waals surface area contributed by atoms with E-state index in [1.165, 1.54) is 29.5 Å². The van der Waals surface area contributed by atoms with Crippen LogP contribution in [-0.2, 0) is 11.8 Å². The fourth-order valence-corrected chi connectivity index (χ4v) is 3.24. The van der Waals surface area contributed by atoms with Gasteiger partial charge >= 0.3 is 6.61 Å². The average Bonchev–Trinajstić information content (AvgIpc) is 2.95. The molecule has 1 aromatic heterocycles. The van der Waals surface area contributed by atoms with E-state index >= 15 is 0 Å². The van der Waals surface area contributed by atoms with Gasteiger partial charge in [0.2, 0.25) is 4.80 Å². The van der Waals surface area contributed by atoms with Crippen molar-refractivity contribution in [2.24, 2.45) is 12.1 Å². The van der Waals surface area contributed by atoms with E-state index in [9.17, 15) is 13.6 Å². The van der Waals surface area contributed by atoms with Gasteiger partial charge in [0.1, 0.15) is 5.75 Å². The first-order valence-corrected chi connectivity index (χ1v) is 8.46. The highest BCUT2D eigenvalue weighted by molar-refractivity contribution is 7.16. The molecule has 8 heteroatoms. The Hall–Kier alpha value is -3.00. The standard InChI is InChI=1S/C18H15F2N3O2S/c1-23-14-4-2-3-5-15(14)26-18(23)22-21-16(24)11-8-12-6-9-13(10-7-12)25-17(19)20/h2-11,17H,1H3,(H,21,24)/b11-8+,22-18+. The number of rotatable bonds is 5. The minimum atomic E-state index is -2.86. The highest BCUT2D eigenvalue weighted by Crippen LogP contribution is 2.16. The molecule has 134 valence electrons. The van der Waals surface area contributed by atoms with Gasteiger partial charge in [-0.05, 0) is 35.9 Å². The molecule has 5 nitrogen and oxygen atoms in total. The Kier molecular flexibility index (Phi) is 5.43. The van der Waals surface area contributed by atoms with Crippen LogP contribution >= 0.6 is 11.3 Å². The normalized spacial score (nSPS) is 12.2. The van der Waals surface area contributed by atoms with Crippen molar-refractivity contribution < 1.29 is 18.3 Å². The van der Waals surface area contributed by atoms with Crippen molar-refractivity contribution in [3.05, 3.63) is 65.0 Å². The van der Waals surface area contributed by atoms with Gasteiger partial charge in [-0.15, -0.1) is 5.10 Å². The molecule has 3 aromatic rings. The van der Waals surface area contributed by atoms with Gasteiger partial charge in [-0.2, -0.15) is 8.78 Å². The smallest absolute Gasteiger partial charge is 0.387 e. The molecule has 0 fully saturated rings. The van der Waals surface area contributed by atoms with Crippen LogP contribution in [0.2, 0.25) is 0 Å². The van der Waals surface area contributed by atoms with Crippen molar-refractivity contribution in [1.82, 2.24) is 9.99 Å². The lowest BCUT2D eigenvalue weighted by Crippen LogP contribution is -2.21. The van der Waals surface area contributed by atoms with Gasteiger partial charge in [-0.25, -0.2) is 5.43 Å². The fourth-order valence-electron chi connectivity index (χ4n) is 2.26. The first kappa shape index (κ1) is 17.8. The van der Waals surface area contributed by atoms with Crippen LogP contribution in [0.1, 0.15) is 5.56 Å². The van der Waals surface area contributed by atoms with Gasteiger partial charge in [0, 0.05) is 13.1 Å². The Labute approximate surface area is 151 Å². The molecule has 0 spiro atoms. The molecule has 2 aromatic carbocycles. The molecule has 0 bridgehead atoms. The van der Waals surface area contributed by atoms with Crippen molar-refractivity contribution in [3.63, 3.8) is 0 Å². The molecule has 0 aliphatic rings. The van der Waals surface area contributed by atoms with Crippen molar-refractivity contribution in [3.8, 4) is 5.75 Å². The van der Waals surface area contributed by atoms with Crippen LogP contribution in [0.25, 0.3) is 16.3 Å². The third kappa shape index (κ3) is 4.34. The molecule has 1 heterocycles. The van der Waals surface area contributed by atoms with Crippen molar-refractivity contribution in [1.29, 1.82) is 0 Å². The SMILES string of the molecule is Cn1/c(=N\NC(=O)/C=C/c2ccc(OC(F)F)cc2)sc2ccccc21. The lowest BCUT2D eigenvalue weighted by atomic mass is 10.2. The number of para-hydroxylation sites is 1. The number of hydrogen-bond acceptors (Lipinski definition) is 4. The molecule has 0 atom stereocenters. The maximum Gasteiger partial charge on any atom is 0.387 e. The Balaban J connectivity index is 1.66. The maximum absolute atomic E-state index is 12.1. The molecular weight excluding hydrogens is 360 g/mol. The van der Waals surface area contributed by atoms with Crippen LogP contribution in [0.4, 0.5) is 8.78 Å². The zero-order valence-electron chi connectivity index (χ0n) is 13.7. The summed E-state index contributed by atoms with van der Waals surface area (Å²) in [7, 11) is 1.88. The van der Waals surface area contributed by atoms with E-state index in [2.05, 4.69) is 15.3 Å². The number of thiazole rings is 1. The van der Waals surface area contributed by atoms with Crippen molar-refractivity contribution in [2.45, 2.75) is 6.61 Å². The van der Waals surface area contributed by atoms with E-state index in [-0.39, 0.29) is 5.75 Å². The summed E-state index contributed by atoms with van der Waals surface area (Å²) >= 11 is 1.47. The third-order valence-corrected chi connectivity index (χ3v) is 4.62. The second-order valence-corrected chi connectivity index (χ2v) is 6.29. The average molecular weight is 375 g/mol. The fraction of sp³-hybridized carbons (Fsp3) is 0.111. The van der Waals surface area contributed by atoms with Gasteiger partial charge in [0.05, 0.1) is 10.2 Å². The van der Waals surface area contributed by atoms with Gasteiger partial charge in [-0.1, -0.05) is 35.6 Å². The molecule has 1 amide bonds. The lowest BCUT2D eigenvalue weighted by Gasteiger charge is -2.03. The number of aryl methyl sites for hydroxylation is 1. The maximum atomic E-state index is 12.1. The number of ether oxygens (including phenoxy) is 1. The molecule has 0 saturated heterocycles. The molecule has 0 saturated carbocycles. The quantitative estimate of drug-likeness (QED) is 0.548. The van der Waals surface area contributed by atoms with Crippen LogP contribution < -0.4 is 15.0 Å². The predicted octanol–water partition coefficient (Wildman–Crippen LogP) is 3.49.